The number of piperazine rings is 1. The van der Waals surface area contributed by atoms with Gasteiger partial charge in [0.15, 0.2) is 0 Å². The molecule has 2 fully saturated rings. The predicted molar refractivity (Wildman–Crippen MR) is 120 cm³/mol. The Balaban J connectivity index is 1.10. The molecule has 0 radical (unpaired) electrons. The molecule has 0 spiro atoms. The summed E-state index contributed by atoms with van der Waals surface area (Å²) >= 11 is 0. The van der Waals surface area contributed by atoms with Crippen LogP contribution in [0, 0.1) is 0 Å². The lowest BCUT2D eigenvalue weighted by Crippen LogP contribution is -2.47. The number of imide groups is 1. The molecule has 1 aromatic carbocycles. The van der Waals surface area contributed by atoms with Crippen molar-refractivity contribution >= 4 is 23.6 Å². The summed E-state index contributed by atoms with van der Waals surface area (Å²) in [6.07, 6.45) is 2.61. The number of carbonyl (C=O) groups is 2. The molecule has 2 aromatic rings. The standard InChI is InChI=1S/C23H28N6O3/c30-21-18-4-1-2-5-19(18)22(31)29(21)9-3-8-26-10-12-27(13-11-26)20-6-7-24-23(25-20)28-14-16-32-17-15-28/h1-2,4-7H,3,8-17H2. The number of ether oxygens (including phenoxy) is 1. The van der Waals surface area contributed by atoms with Crippen LogP contribution in [0.1, 0.15) is 27.1 Å². The van der Waals surface area contributed by atoms with Gasteiger partial charge in [0.25, 0.3) is 11.8 Å². The molecule has 1 aromatic heterocycles. The number of benzene rings is 1. The molecular formula is C23H28N6O3. The number of hydrogen-bond donors (Lipinski definition) is 0. The molecule has 0 unspecified atom stereocenters. The highest BCUT2D eigenvalue weighted by atomic mass is 16.5. The Hall–Kier alpha value is -3.04. The predicted octanol–water partition coefficient (Wildman–Crippen LogP) is 1.12. The summed E-state index contributed by atoms with van der Waals surface area (Å²) < 4.78 is 5.42. The normalized spacial score (nSPS) is 19.6. The third kappa shape index (κ3) is 4.18. The first kappa shape index (κ1) is 20.8. The fourth-order valence-corrected chi connectivity index (χ4v) is 4.53. The second-order valence-electron chi connectivity index (χ2n) is 8.30. The Morgan fingerprint density at radius 3 is 2.19 bits per heavy atom. The molecule has 168 valence electrons. The molecular weight excluding hydrogens is 408 g/mol. The summed E-state index contributed by atoms with van der Waals surface area (Å²) in [6, 6.07) is 9.03. The van der Waals surface area contributed by atoms with Crippen molar-refractivity contribution in [2.45, 2.75) is 6.42 Å². The minimum absolute atomic E-state index is 0.171. The van der Waals surface area contributed by atoms with Crippen LogP contribution in [0.3, 0.4) is 0 Å². The van der Waals surface area contributed by atoms with Crippen LogP contribution in [-0.2, 0) is 4.74 Å². The zero-order chi connectivity index (χ0) is 21.9. The average Bonchev–Trinajstić information content (AvgIpc) is 3.10. The van der Waals surface area contributed by atoms with Crippen molar-refractivity contribution in [3.63, 3.8) is 0 Å². The van der Waals surface area contributed by atoms with E-state index in [4.69, 9.17) is 9.72 Å². The van der Waals surface area contributed by atoms with Crippen molar-refractivity contribution in [1.82, 2.24) is 19.8 Å². The SMILES string of the molecule is O=C1c2ccccc2C(=O)N1CCCN1CCN(c2ccnc(N3CCOCC3)n2)CC1. The quantitative estimate of drug-likeness (QED) is 0.624. The molecule has 0 bridgehead atoms. The summed E-state index contributed by atoms with van der Waals surface area (Å²) in [5.74, 6) is 1.40. The van der Waals surface area contributed by atoms with Gasteiger partial charge in [-0.05, 0) is 31.2 Å². The monoisotopic (exact) mass is 436 g/mol. The zero-order valence-corrected chi connectivity index (χ0v) is 18.2. The van der Waals surface area contributed by atoms with E-state index in [1.165, 1.54) is 4.90 Å². The van der Waals surface area contributed by atoms with Crippen molar-refractivity contribution in [2.24, 2.45) is 0 Å². The lowest BCUT2D eigenvalue weighted by molar-refractivity contribution is 0.0647. The van der Waals surface area contributed by atoms with E-state index in [-0.39, 0.29) is 11.8 Å². The number of amides is 2. The molecule has 0 aliphatic carbocycles. The lowest BCUT2D eigenvalue weighted by atomic mass is 10.1. The number of carbonyl (C=O) groups excluding carboxylic acids is 2. The van der Waals surface area contributed by atoms with E-state index in [9.17, 15) is 9.59 Å². The lowest BCUT2D eigenvalue weighted by Gasteiger charge is -2.36. The van der Waals surface area contributed by atoms with E-state index in [1.807, 2.05) is 12.3 Å². The third-order valence-corrected chi connectivity index (χ3v) is 6.35. The van der Waals surface area contributed by atoms with Gasteiger partial charge in [0.1, 0.15) is 5.82 Å². The first-order valence-electron chi connectivity index (χ1n) is 11.3. The molecule has 4 heterocycles. The van der Waals surface area contributed by atoms with Crippen molar-refractivity contribution in [1.29, 1.82) is 0 Å². The number of aromatic nitrogens is 2. The molecule has 0 saturated carbocycles. The first-order chi connectivity index (χ1) is 15.7. The van der Waals surface area contributed by atoms with Crippen LogP contribution in [0.4, 0.5) is 11.8 Å². The number of morpholine rings is 1. The smallest absolute Gasteiger partial charge is 0.261 e. The second-order valence-corrected chi connectivity index (χ2v) is 8.30. The number of nitrogens with zero attached hydrogens (tertiary/aromatic N) is 6. The maximum Gasteiger partial charge on any atom is 0.261 e. The van der Waals surface area contributed by atoms with E-state index in [1.54, 1.807) is 24.3 Å². The van der Waals surface area contributed by atoms with Crippen LogP contribution in [0.25, 0.3) is 0 Å². The molecule has 2 amide bonds. The van der Waals surface area contributed by atoms with Gasteiger partial charge in [0, 0.05) is 52.0 Å². The number of anilines is 2. The number of fused-ring (bicyclic) bond motifs is 1. The van der Waals surface area contributed by atoms with E-state index in [0.29, 0.717) is 30.9 Å². The third-order valence-electron chi connectivity index (χ3n) is 6.35. The van der Waals surface area contributed by atoms with Gasteiger partial charge in [-0.25, -0.2) is 4.98 Å². The van der Waals surface area contributed by atoms with Gasteiger partial charge in [0.2, 0.25) is 5.95 Å². The second kappa shape index (κ2) is 9.22. The maximum atomic E-state index is 12.5. The highest BCUT2D eigenvalue weighted by molar-refractivity contribution is 6.21. The highest BCUT2D eigenvalue weighted by Crippen LogP contribution is 2.23. The largest absolute Gasteiger partial charge is 0.378 e. The van der Waals surface area contributed by atoms with Gasteiger partial charge in [-0.3, -0.25) is 19.4 Å². The van der Waals surface area contributed by atoms with Crippen molar-refractivity contribution < 1.29 is 14.3 Å². The minimum Gasteiger partial charge on any atom is -0.378 e. The number of hydrogen-bond acceptors (Lipinski definition) is 8. The van der Waals surface area contributed by atoms with Crippen LogP contribution in [-0.4, -0.2) is 97.2 Å². The van der Waals surface area contributed by atoms with Crippen molar-refractivity contribution in [3.8, 4) is 0 Å². The molecule has 2 saturated heterocycles. The van der Waals surface area contributed by atoms with Gasteiger partial charge < -0.3 is 14.5 Å². The molecule has 3 aliphatic rings. The summed E-state index contributed by atoms with van der Waals surface area (Å²) in [6.45, 7) is 8.05. The molecule has 9 heteroatoms. The Bertz CT molecular complexity index is 950. The van der Waals surface area contributed by atoms with Gasteiger partial charge in [-0.1, -0.05) is 12.1 Å². The van der Waals surface area contributed by atoms with E-state index < -0.39 is 0 Å². The average molecular weight is 437 g/mol. The van der Waals surface area contributed by atoms with Crippen LogP contribution in [0.5, 0.6) is 0 Å². The topological polar surface area (TPSA) is 82.1 Å². The van der Waals surface area contributed by atoms with Gasteiger partial charge in [-0.15, -0.1) is 0 Å². The number of rotatable bonds is 6. The van der Waals surface area contributed by atoms with E-state index >= 15 is 0 Å². The summed E-state index contributed by atoms with van der Waals surface area (Å²) in [5, 5.41) is 0. The first-order valence-corrected chi connectivity index (χ1v) is 11.3. The fourth-order valence-electron chi connectivity index (χ4n) is 4.53. The van der Waals surface area contributed by atoms with Crippen LogP contribution < -0.4 is 9.80 Å². The molecule has 3 aliphatic heterocycles. The molecule has 32 heavy (non-hydrogen) atoms. The van der Waals surface area contributed by atoms with Gasteiger partial charge >= 0.3 is 0 Å². The van der Waals surface area contributed by atoms with Crippen LogP contribution >= 0.6 is 0 Å². The molecule has 0 atom stereocenters. The van der Waals surface area contributed by atoms with Crippen molar-refractivity contribution in [2.75, 3.05) is 75.4 Å². The molecule has 0 N–H and O–H groups in total. The van der Waals surface area contributed by atoms with Gasteiger partial charge in [-0.2, -0.15) is 4.98 Å². The zero-order valence-electron chi connectivity index (χ0n) is 18.2. The van der Waals surface area contributed by atoms with Crippen molar-refractivity contribution in [3.05, 3.63) is 47.7 Å². The molecule has 5 rings (SSSR count). The Morgan fingerprint density at radius 2 is 1.50 bits per heavy atom. The van der Waals surface area contributed by atoms with E-state index in [0.717, 1.165) is 64.0 Å². The van der Waals surface area contributed by atoms with E-state index in [2.05, 4.69) is 19.7 Å². The minimum atomic E-state index is -0.171. The Labute approximate surface area is 187 Å². The maximum absolute atomic E-state index is 12.5. The molecule has 9 nitrogen and oxygen atoms in total. The van der Waals surface area contributed by atoms with Gasteiger partial charge in [0.05, 0.1) is 24.3 Å². The van der Waals surface area contributed by atoms with Crippen LogP contribution in [0.15, 0.2) is 36.5 Å². The summed E-state index contributed by atoms with van der Waals surface area (Å²) in [4.78, 5) is 42.4. The summed E-state index contributed by atoms with van der Waals surface area (Å²) in [7, 11) is 0. The summed E-state index contributed by atoms with van der Waals surface area (Å²) in [5.41, 5.74) is 1.04. The Kier molecular flexibility index (Phi) is 6.00. The highest BCUT2D eigenvalue weighted by Gasteiger charge is 2.34. The fraction of sp³-hybridized carbons (Fsp3) is 0.478. The van der Waals surface area contributed by atoms with Crippen LogP contribution in [0.2, 0.25) is 0 Å². The Morgan fingerprint density at radius 1 is 0.812 bits per heavy atom.